The maximum absolute atomic E-state index is 13.9. The summed E-state index contributed by atoms with van der Waals surface area (Å²) in [5.74, 6) is -0.997. The maximum atomic E-state index is 13.9. The normalized spacial score (nSPS) is 13.9. The molecule has 1 heterocycles. The van der Waals surface area contributed by atoms with Gasteiger partial charge in [0.1, 0.15) is 12.2 Å². The van der Waals surface area contributed by atoms with Gasteiger partial charge in [0.05, 0.1) is 5.69 Å². The van der Waals surface area contributed by atoms with E-state index in [0.29, 0.717) is 43.1 Å². The second-order valence-corrected chi connectivity index (χ2v) is 6.68. The van der Waals surface area contributed by atoms with Crippen LogP contribution in [-0.4, -0.2) is 48.7 Å². The van der Waals surface area contributed by atoms with Gasteiger partial charge in [-0.3, -0.25) is 14.4 Å². The van der Waals surface area contributed by atoms with Gasteiger partial charge < -0.3 is 15.1 Å². The Kier molecular flexibility index (Phi) is 6.03. The van der Waals surface area contributed by atoms with Gasteiger partial charge in [-0.25, -0.2) is 4.39 Å². The summed E-state index contributed by atoms with van der Waals surface area (Å²) in [6, 6.07) is 13.1. The van der Waals surface area contributed by atoms with Gasteiger partial charge in [-0.2, -0.15) is 0 Å². The van der Waals surface area contributed by atoms with Crippen molar-refractivity contribution in [2.75, 3.05) is 36.4 Å². The lowest BCUT2D eigenvalue weighted by molar-refractivity contribution is -0.134. The molecule has 0 bridgehead atoms. The Labute approximate surface area is 162 Å². The fourth-order valence-corrected chi connectivity index (χ4v) is 3.15. The molecule has 1 fully saturated rings. The van der Waals surface area contributed by atoms with Crippen LogP contribution in [0.1, 0.15) is 23.7 Å². The summed E-state index contributed by atoms with van der Waals surface area (Å²) in [6.45, 7) is 3.38. The lowest BCUT2D eigenvalue weighted by Crippen LogP contribution is -2.49. The fourth-order valence-electron chi connectivity index (χ4n) is 3.15. The number of amides is 2. The van der Waals surface area contributed by atoms with Crippen LogP contribution in [0.2, 0.25) is 0 Å². The Balaban J connectivity index is 1.49. The van der Waals surface area contributed by atoms with Crippen molar-refractivity contribution in [1.82, 2.24) is 4.90 Å². The van der Waals surface area contributed by atoms with Crippen molar-refractivity contribution in [1.29, 1.82) is 0 Å². The van der Waals surface area contributed by atoms with E-state index >= 15 is 0 Å². The number of anilines is 2. The van der Waals surface area contributed by atoms with Gasteiger partial charge in [0, 0.05) is 37.4 Å². The topological polar surface area (TPSA) is 69.7 Å². The number of benzene rings is 2. The molecule has 1 saturated heterocycles. The summed E-state index contributed by atoms with van der Waals surface area (Å²) >= 11 is 0. The van der Waals surface area contributed by atoms with E-state index in [1.807, 2.05) is 4.90 Å². The van der Waals surface area contributed by atoms with E-state index in [1.54, 1.807) is 47.4 Å². The Morgan fingerprint density at radius 1 is 0.964 bits per heavy atom. The predicted octanol–water partition coefficient (Wildman–Crippen LogP) is 2.71. The van der Waals surface area contributed by atoms with Gasteiger partial charge in [-0.05, 0) is 43.3 Å². The lowest BCUT2D eigenvalue weighted by atomic mass is 10.1. The number of carbonyl (C=O) groups is 3. The van der Waals surface area contributed by atoms with Crippen LogP contribution in [0, 0.1) is 5.82 Å². The minimum atomic E-state index is -0.405. The molecular weight excluding hydrogens is 361 g/mol. The number of carbonyl (C=O) groups excluding carboxylic acids is 3. The van der Waals surface area contributed by atoms with Crippen LogP contribution in [-0.2, 0) is 9.59 Å². The molecule has 0 aliphatic carbocycles. The van der Waals surface area contributed by atoms with Crippen molar-refractivity contribution in [3.05, 3.63) is 59.9 Å². The highest BCUT2D eigenvalue weighted by atomic mass is 19.1. The predicted molar refractivity (Wildman–Crippen MR) is 105 cm³/mol. The largest absolute Gasteiger partial charge is 0.366 e. The summed E-state index contributed by atoms with van der Waals surface area (Å²) in [5, 5.41) is 2.66. The molecule has 1 N–H and O–H groups in total. The molecule has 1 aliphatic rings. The number of rotatable bonds is 5. The third-order valence-electron chi connectivity index (χ3n) is 4.71. The van der Waals surface area contributed by atoms with Gasteiger partial charge >= 0.3 is 0 Å². The molecule has 0 atom stereocenters. The number of hydrogen-bond acceptors (Lipinski definition) is 4. The molecular formula is C21H22FN3O3. The van der Waals surface area contributed by atoms with Crippen LogP contribution >= 0.6 is 0 Å². The van der Waals surface area contributed by atoms with Gasteiger partial charge in [-0.15, -0.1) is 0 Å². The van der Waals surface area contributed by atoms with Crippen molar-refractivity contribution in [3.63, 3.8) is 0 Å². The van der Waals surface area contributed by atoms with Gasteiger partial charge in [0.25, 0.3) is 0 Å². The van der Waals surface area contributed by atoms with E-state index in [4.69, 9.17) is 0 Å². The molecule has 0 aromatic heterocycles. The molecule has 2 amide bonds. The SMILES string of the molecule is CC(=O)c1ccc(NC(=O)CC(=O)N2CCN(c3ccccc3F)CC2)cc1. The van der Waals surface area contributed by atoms with Crippen molar-refractivity contribution in [2.45, 2.75) is 13.3 Å². The van der Waals surface area contributed by atoms with Gasteiger partial charge in [0.2, 0.25) is 11.8 Å². The molecule has 0 saturated carbocycles. The molecule has 0 radical (unpaired) electrons. The number of halogens is 1. The number of ketones is 1. The van der Waals surface area contributed by atoms with E-state index in [1.165, 1.54) is 13.0 Å². The number of Topliss-reactive ketones (excluding diaryl/α,β-unsaturated/α-hetero) is 1. The Bertz CT molecular complexity index is 875. The van der Waals surface area contributed by atoms with Crippen LogP contribution in [0.3, 0.4) is 0 Å². The van der Waals surface area contributed by atoms with Crippen molar-refractivity contribution in [3.8, 4) is 0 Å². The van der Waals surface area contributed by atoms with E-state index in [9.17, 15) is 18.8 Å². The molecule has 28 heavy (non-hydrogen) atoms. The van der Waals surface area contributed by atoms with E-state index in [2.05, 4.69) is 5.32 Å². The Morgan fingerprint density at radius 2 is 1.61 bits per heavy atom. The zero-order chi connectivity index (χ0) is 20.1. The summed E-state index contributed by atoms with van der Waals surface area (Å²) in [4.78, 5) is 39.3. The first kappa shape index (κ1) is 19.5. The number of hydrogen-bond donors (Lipinski definition) is 1. The van der Waals surface area contributed by atoms with E-state index in [-0.39, 0.29) is 23.9 Å². The first-order valence-electron chi connectivity index (χ1n) is 9.12. The van der Waals surface area contributed by atoms with Crippen molar-refractivity contribution >= 4 is 29.0 Å². The highest BCUT2D eigenvalue weighted by Crippen LogP contribution is 2.20. The standard InChI is InChI=1S/C21H22FN3O3/c1-15(26)16-6-8-17(9-7-16)23-20(27)14-21(28)25-12-10-24(11-13-25)19-5-3-2-4-18(19)22/h2-9H,10-14H2,1H3,(H,23,27). The molecule has 146 valence electrons. The summed E-state index contributed by atoms with van der Waals surface area (Å²) in [7, 11) is 0. The number of piperazine rings is 1. The summed E-state index contributed by atoms with van der Waals surface area (Å²) in [5.41, 5.74) is 1.62. The average molecular weight is 383 g/mol. The number of nitrogens with zero attached hydrogens (tertiary/aromatic N) is 2. The van der Waals surface area contributed by atoms with Crippen LogP contribution in [0.15, 0.2) is 48.5 Å². The van der Waals surface area contributed by atoms with Crippen molar-refractivity contribution < 1.29 is 18.8 Å². The molecule has 0 spiro atoms. The van der Waals surface area contributed by atoms with Crippen LogP contribution in [0.5, 0.6) is 0 Å². The second-order valence-electron chi connectivity index (χ2n) is 6.68. The highest BCUT2D eigenvalue weighted by molar-refractivity contribution is 6.04. The quantitative estimate of drug-likeness (QED) is 0.637. The minimum Gasteiger partial charge on any atom is -0.366 e. The fraction of sp³-hybridized carbons (Fsp3) is 0.286. The zero-order valence-corrected chi connectivity index (χ0v) is 15.7. The van der Waals surface area contributed by atoms with E-state index in [0.717, 1.165) is 0 Å². The number of para-hydroxylation sites is 1. The number of nitrogens with one attached hydrogen (secondary N) is 1. The Morgan fingerprint density at radius 3 is 2.21 bits per heavy atom. The molecule has 0 unspecified atom stereocenters. The summed E-state index contributed by atoms with van der Waals surface area (Å²) in [6.07, 6.45) is -0.256. The smallest absolute Gasteiger partial charge is 0.233 e. The summed E-state index contributed by atoms with van der Waals surface area (Å²) < 4.78 is 13.9. The van der Waals surface area contributed by atoms with Gasteiger partial charge in [-0.1, -0.05) is 12.1 Å². The molecule has 1 aliphatic heterocycles. The lowest BCUT2D eigenvalue weighted by Gasteiger charge is -2.36. The van der Waals surface area contributed by atoms with Crippen molar-refractivity contribution in [2.24, 2.45) is 0 Å². The van der Waals surface area contributed by atoms with E-state index < -0.39 is 5.91 Å². The molecule has 2 aromatic rings. The zero-order valence-electron chi connectivity index (χ0n) is 15.7. The molecule has 6 nitrogen and oxygen atoms in total. The first-order chi connectivity index (χ1) is 13.4. The molecule has 2 aromatic carbocycles. The van der Waals surface area contributed by atoms with Crippen LogP contribution in [0.4, 0.5) is 15.8 Å². The average Bonchev–Trinajstić information content (AvgIpc) is 2.69. The second kappa shape index (κ2) is 8.65. The molecule has 3 rings (SSSR count). The third-order valence-corrected chi connectivity index (χ3v) is 4.71. The Hall–Kier alpha value is -3.22. The monoisotopic (exact) mass is 383 g/mol. The first-order valence-corrected chi connectivity index (χ1v) is 9.12. The van der Waals surface area contributed by atoms with Crippen LogP contribution < -0.4 is 10.2 Å². The van der Waals surface area contributed by atoms with Crippen LogP contribution in [0.25, 0.3) is 0 Å². The highest BCUT2D eigenvalue weighted by Gasteiger charge is 2.24. The third kappa shape index (κ3) is 4.73. The minimum absolute atomic E-state index is 0.0532. The maximum Gasteiger partial charge on any atom is 0.233 e. The molecule has 7 heteroatoms. The van der Waals surface area contributed by atoms with Gasteiger partial charge in [0.15, 0.2) is 5.78 Å².